The maximum Gasteiger partial charge on any atom is 0.260 e. The highest BCUT2D eigenvalue weighted by Crippen LogP contribution is 2.25. The number of hydrogen-bond acceptors (Lipinski definition) is 4. The predicted octanol–water partition coefficient (Wildman–Crippen LogP) is 2.67. The molecule has 2 aromatic rings. The van der Waals surface area contributed by atoms with Gasteiger partial charge in [-0.15, -0.1) is 0 Å². The molecule has 0 saturated carbocycles. The minimum Gasteiger partial charge on any atom is -0.507 e. The summed E-state index contributed by atoms with van der Waals surface area (Å²) in [6.07, 6.45) is 0. The predicted molar refractivity (Wildman–Crippen MR) is 79.9 cm³/mol. The molecule has 2 rings (SSSR count). The number of aromatic amines is 1. The molecule has 3 N–H and O–H groups in total. The van der Waals surface area contributed by atoms with E-state index in [1.165, 1.54) is 19.2 Å². The maximum atomic E-state index is 12.1. The Bertz CT molecular complexity index is 656. The molecule has 0 unspecified atom stereocenters. The van der Waals surface area contributed by atoms with Crippen LogP contribution in [0, 0.1) is 0 Å². The maximum absolute atomic E-state index is 12.1. The van der Waals surface area contributed by atoms with Gasteiger partial charge in [-0.05, 0) is 12.1 Å². The molecule has 1 heterocycles. The number of nitrogens with zero attached hydrogens (tertiary/aromatic N) is 1. The number of methoxy groups -OCH3 is 1. The lowest BCUT2D eigenvalue weighted by Gasteiger charge is -2.14. The number of phenols is 1. The van der Waals surface area contributed by atoms with Crippen LogP contribution in [-0.4, -0.2) is 28.3 Å². The molecular formula is C15H19N3O3. The fraction of sp³-hybridized carbons (Fsp3) is 0.333. The van der Waals surface area contributed by atoms with Crippen LogP contribution in [0.15, 0.2) is 24.3 Å². The lowest BCUT2D eigenvalue weighted by molar-refractivity contribution is 0.102. The second-order valence-corrected chi connectivity index (χ2v) is 5.75. The van der Waals surface area contributed by atoms with Gasteiger partial charge in [0.1, 0.15) is 11.5 Å². The first-order chi connectivity index (χ1) is 9.81. The lowest BCUT2D eigenvalue weighted by atomic mass is 9.92. The molecule has 21 heavy (non-hydrogen) atoms. The molecule has 0 saturated heterocycles. The fourth-order valence-corrected chi connectivity index (χ4v) is 1.78. The Balaban J connectivity index is 2.16. The van der Waals surface area contributed by atoms with Crippen molar-refractivity contribution in [3.63, 3.8) is 0 Å². The molecule has 0 bridgehead atoms. The first-order valence-corrected chi connectivity index (χ1v) is 6.55. The van der Waals surface area contributed by atoms with Crippen LogP contribution in [0.1, 0.15) is 36.8 Å². The van der Waals surface area contributed by atoms with Gasteiger partial charge in [-0.2, -0.15) is 5.10 Å². The standard InChI is InChI=1S/C15H19N3O3/c1-15(2,3)12-8-13(18-17-12)16-14(20)10-6-5-9(21-4)7-11(10)19/h5-8,19H,1-4H3,(H2,16,17,18,20). The van der Waals surface area contributed by atoms with Crippen LogP contribution >= 0.6 is 0 Å². The first kappa shape index (κ1) is 14.9. The average molecular weight is 289 g/mol. The van der Waals surface area contributed by atoms with Gasteiger partial charge in [0, 0.05) is 23.2 Å². The zero-order chi connectivity index (χ0) is 15.6. The van der Waals surface area contributed by atoms with E-state index in [2.05, 4.69) is 15.5 Å². The summed E-state index contributed by atoms with van der Waals surface area (Å²) in [5.74, 6) is 0.333. The zero-order valence-electron chi connectivity index (χ0n) is 12.5. The van der Waals surface area contributed by atoms with Gasteiger partial charge < -0.3 is 15.2 Å². The number of nitrogens with one attached hydrogen (secondary N) is 2. The largest absolute Gasteiger partial charge is 0.507 e. The third-order valence-electron chi connectivity index (χ3n) is 3.08. The van der Waals surface area contributed by atoms with Crippen molar-refractivity contribution in [1.82, 2.24) is 10.2 Å². The van der Waals surface area contributed by atoms with Gasteiger partial charge in [-0.3, -0.25) is 9.89 Å². The number of rotatable bonds is 3. The van der Waals surface area contributed by atoms with Gasteiger partial charge in [0.2, 0.25) is 0 Å². The van der Waals surface area contributed by atoms with E-state index in [0.29, 0.717) is 11.6 Å². The number of H-pyrrole nitrogens is 1. The van der Waals surface area contributed by atoms with Crippen LogP contribution in [0.5, 0.6) is 11.5 Å². The van der Waals surface area contributed by atoms with E-state index in [1.807, 2.05) is 20.8 Å². The molecule has 6 heteroatoms. The minimum atomic E-state index is -0.429. The van der Waals surface area contributed by atoms with Crippen LogP contribution < -0.4 is 10.1 Å². The summed E-state index contributed by atoms with van der Waals surface area (Å²) in [6.45, 7) is 6.13. The molecule has 1 aromatic heterocycles. The van der Waals surface area contributed by atoms with E-state index in [1.54, 1.807) is 12.1 Å². The number of carbonyl (C=O) groups is 1. The molecular weight excluding hydrogens is 270 g/mol. The molecule has 0 aliphatic carbocycles. The van der Waals surface area contributed by atoms with Crippen molar-refractivity contribution in [3.8, 4) is 11.5 Å². The molecule has 1 amide bonds. The van der Waals surface area contributed by atoms with Gasteiger partial charge in [0.15, 0.2) is 5.82 Å². The lowest BCUT2D eigenvalue weighted by Crippen LogP contribution is -2.13. The molecule has 0 fully saturated rings. The summed E-state index contributed by atoms with van der Waals surface area (Å²) >= 11 is 0. The summed E-state index contributed by atoms with van der Waals surface area (Å²) in [5.41, 5.74) is 0.992. The Labute approximate surface area is 123 Å². The topological polar surface area (TPSA) is 87.2 Å². The number of benzene rings is 1. The summed E-state index contributed by atoms with van der Waals surface area (Å²) in [4.78, 5) is 12.1. The number of carbonyl (C=O) groups excluding carboxylic acids is 1. The third-order valence-corrected chi connectivity index (χ3v) is 3.08. The van der Waals surface area contributed by atoms with Gasteiger partial charge in [-0.1, -0.05) is 20.8 Å². The number of aromatic hydroxyl groups is 1. The van der Waals surface area contributed by atoms with Crippen molar-refractivity contribution in [2.45, 2.75) is 26.2 Å². The van der Waals surface area contributed by atoms with E-state index in [4.69, 9.17) is 4.74 Å². The Morgan fingerprint density at radius 2 is 2.05 bits per heavy atom. The minimum absolute atomic E-state index is 0.0851. The van der Waals surface area contributed by atoms with Crippen LogP contribution in [0.3, 0.4) is 0 Å². The number of ether oxygens (including phenoxy) is 1. The normalized spacial score (nSPS) is 11.2. The van der Waals surface area contributed by atoms with Crippen molar-refractivity contribution < 1.29 is 14.6 Å². The molecule has 0 spiro atoms. The van der Waals surface area contributed by atoms with Crippen molar-refractivity contribution in [2.24, 2.45) is 0 Å². The van der Waals surface area contributed by atoms with Crippen molar-refractivity contribution in [2.75, 3.05) is 12.4 Å². The van der Waals surface area contributed by atoms with E-state index < -0.39 is 5.91 Å². The van der Waals surface area contributed by atoms with Crippen LogP contribution in [-0.2, 0) is 5.41 Å². The monoisotopic (exact) mass is 289 g/mol. The number of hydrogen-bond donors (Lipinski definition) is 3. The van der Waals surface area contributed by atoms with Gasteiger partial charge >= 0.3 is 0 Å². The van der Waals surface area contributed by atoms with Gasteiger partial charge in [-0.25, -0.2) is 0 Å². The summed E-state index contributed by atoms with van der Waals surface area (Å²) in [7, 11) is 1.49. The Hall–Kier alpha value is -2.50. The van der Waals surface area contributed by atoms with Crippen LogP contribution in [0.4, 0.5) is 5.82 Å². The van der Waals surface area contributed by atoms with Crippen LogP contribution in [0.2, 0.25) is 0 Å². The molecule has 112 valence electrons. The second-order valence-electron chi connectivity index (χ2n) is 5.75. The number of aromatic nitrogens is 2. The Morgan fingerprint density at radius 1 is 1.33 bits per heavy atom. The Morgan fingerprint density at radius 3 is 2.57 bits per heavy atom. The van der Waals surface area contributed by atoms with Gasteiger partial charge in [0.25, 0.3) is 5.91 Å². The number of phenolic OH excluding ortho intramolecular Hbond substituents is 1. The summed E-state index contributed by atoms with van der Waals surface area (Å²) in [6, 6.07) is 6.28. The van der Waals surface area contributed by atoms with E-state index >= 15 is 0 Å². The summed E-state index contributed by atoms with van der Waals surface area (Å²) < 4.78 is 4.98. The number of amides is 1. The van der Waals surface area contributed by atoms with Crippen LogP contribution in [0.25, 0.3) is 0 Å². The van der Waals surface area contributed by atoms with E-state index in [-0.39, 0.29) is 16.7 Å². The average Bonchev–Trinajstić information content (AvgIpc) is 2.86. The highest BCUT2D eigenvalue weighted by Gasteiger charge is 2.18. The molecule has 0 atom stereocenters. The molecule has 0 aliphatic rings. The zero-order valence-corrected chi connectivity index (χ0v) is 12.5. The first-order valence-electron chi connectivity index (χ1n) is 6.55. The molecule has 0 radical (unpaired) electrons. The second kappa shape index (κ2) is 5.47. The fourth-order valence-electron chi connectivity index (χ4n) is 1.78. The van der Waals surface area contributed by atoms with E-state index in [9.17, 15) is 9.90 Å². The Kier molecular flexibility index (Phi) is 3.88. The summed E-state index contributed by atoms with van der Waals surface area (Å²) in [5, 5.41) is 19.4. The third kappa shape index (κ3) is 3.34. The quantitative estimate of drug-likeness (QED) is 0.810. The SMILES string of the molecule is COc1ccc(C(=O)Nc2cc(C(C)(C)C)[nH]n2)c(O)c1. The van der Waals surface area contributed by atoms with Crippen molar-refractivity contribution >= 4 is 11.7 Å². The highest BCUT2D eigenvalue weighted by molar-refractivity contribution is 6.05. The van der Waals surface area contributed by atoms with Gasteiger partial charge in [0.05, 0.1) is 12.7 Å². The van der Waals surface area contributed by atoms with E-state index in [0.717, 1.165) is 5.69 Å². The smallest absolute Gasteiger partial charge is 0.260 e. The highest BCUT2D eigenvalue weighted by atomic mass is 16.5. The molecule has 0 aliphatic heterocycles. The number of anilines is 1. The van der Waals surface area contributed by atoms with Crippen molar-refractivity contribution in [3.05, 3.63) is 35.5 Å². The molecule has 1 aromatic carbocycles. The molecule has 6 nitrogen and oxygen atoms in total. The van der Waals surface area contributed by atoms with Crippen molar-refractivity contribution in [1.29, 1.82) is 0 Å².